The molecule has 24 heavy (non-hydrogen) atoms. The quantitative estimate of drug-likeness (QED) is 0.599. The van der Waals surface area contributed by atoms with Crippen molar-refractivity contribution in [3.63, 3.8) is 0 Å². The molecule has 0 amide bonds. The van der Waals surface area contributed by atoms with Crippen LogP contribution < -0.4 is 4.74 Å². The van der Waals surface area contributed by atoms with Crippen LogP contribution >= 0.6 is 0 Å². The van der Waals surface area contributed by atoms with Crippen molar-refractivity contribution in [2.45, 2.75) is 58.2 Å². The lowest BCUT2D eigenvalue weighted by Crippen LogP contribution is -2.22. The number of rotatable bonds is 9. The summed E-state index contributed by atoms with van der Waals surface area (Å²) in [5, 5.41) is 0. The molecule has 1 aliphatic carbocycles. The predicted molar refractivity (Wildman–Crippen MR) is 96.6 cm³/mol. The number of hydrogen-bond donors (Lipinski definition) is 0. The van der Waals surface area contributed by atoms with Gasteiger partial charge in [0.05, 0.1) is 12.4 Å². The van der Waals surface area contributed by atoms with Crippen LogP contribution in [0.2, 0.25) is 0 Å². The first-order valence-electron chi connectivity index (χ1n) is 8.81. The highest BCUT2D eigenvalue weighted by Gasteiger charge is 2.22. The van der Waals surface area contributed by atoms with E-state index >= 15 is 0 Å². The number of aromatic nitrogens is 1. The van der Waals surface area contributed by atoms with Gasteiger partial charge in [0.15, 0.2) is 0 Å². The van der Waals surface area contributed by atoms with Crippen LogP contribution in [-0.4, -0.2) is 23.8 Å². The maximum Gasteiger partial charge on any atom is 0.138 e. The Morgan fingerprint density at radius 3 is 2.79 bits per heavy atom. The molecule has 1 heterocycles. The molecular formula is C20H29NO3. The standard InChI is InChI=1S/C20H29NO3/c1-5-22-15(2)14-23-19-11-12-21-20(13-19)17(4)24-16(3)18-9-7-6-8-10-18/h5,11-13,15-16,18H,1,4,6-10,14H2,2-3H3. The maximum absolute atomic E-state index is 6.04. The van der Waals surface area contributed by atoms with E-state index < -0.39 is 0 Å². The van der Waals surface area contributed by atoms with Gasteiger partial charge in [0, 0.05) is 12.3 Å². The molecule has 2 unspecified atom stereocenters. The van der Waals surface area contributed by atoms with Crippen molar-refractivity contribution < 1.29 is 14.2 Å². The zero-order chi connectivity index (χ0) is 17.4. The Hall–Kier alpha value is -1.97. The average Bonchev–Trinajstić information content (AvgIpc) is 2.61. The third kappa shape index (κ3) is 5.59. The summed E-state index contributed by atoms with van der Waals surface area (Å²) in [5.41, 5.74) is 0.715. The first-order chi connectivity index (χ1) is 11.6. The van der Waals surface area contributed by atoms with Crippen molar-refractivity contribution in [2.24, 2.45) is 5.92 Å². The van der Waals surface area contributed by atoms with Crippen LogP contribution in [0.15, 0.2) is 37.7 Å². The monoisotopic (exact) mass is 331 g/mol. The van der Waals surface area contributed by atoms with Crippen LogP contribution in [-0.2, 0) is 9.47 Å². The zero-order valence-electron chi connectivity index (χ0n) is 14.9. The molecular weight excluding hydrogens is 302 g/mol. The molecule has 0 bridgehead atoms. The van der Waals surface area contributed by atoms with Crippen molar-refractivity contribution >= 4 is 5.76 Å². The molecule has 4 heteroatoms. The molecule has 1 aliphatic rings. The lowest BCUT2D eigenvalue weighted by atomic mass is 9.86. The van der Waals surface area contributed by atoms with Crippen LogP contribution in [0, 0.1) is 5.92 Å². The number of pyridine rings is 1. The average molecular weight is 331 g/mol. The van der Waals surface area contributed by atoms with E-state index in [4.69, 9.17) is 14.2 Å². The molecule has 0 saturated heterocycles. The Morgan fingerprint density at radius 2 is 2.08 bits per heavy atom. The molecule has 2 atom stereocenters. The molecule has 1 saturated carbocycles. The maximum atomic E-state index is 6.04. The van der Waals surface area contributed by atoms with Crippen LogP contribution in [0.1, 0.15) is 51.6 Å². The van der Waals surface area contributed by atoms with Gasteiger partial charge < -0.3 is 14.2 Å². The number of ether oxygens (including phenoxy) is 3. The van der Waals surface area contributed by atoms with Crippen LogP contribution in [0.3, 0.4) is 0 Å². The summed E-state index contributed by atoms with van der Waals surface area (Å²) in [6, 6.07) is 3.68. The van der Waals surface area contributed by atoms with Gasteiger partial charge in [-0.05, 0) is 38.7 Å². The van der Waals surface area contributed by atoms with Gasteiger partial charge in [-0.25, -0.2) is 0 Å². The van der Waals surface area contributed by atoms with Crippen molar-refractivity contribution in [1.82, 2.24) is 4.98 Å². The number of hydrogen-bond acceptors (Lipinski definition) is 4. The van der Waals surface area contributed by atoms with E-state index in [-0.39, 0.29) is 12.2 Å². The second-order valence-electron chi connectivity index (χ2n) is 6.45. The van der Waals surface area contributed by atoms with Gasteiger partial charge in [-0.2, -0.15) is 0 Å². The van der Waals surface area contributed by atoms with Crippen molar-refractivity contribution in [3.05, 3.63) is 43.4 Å². The van der Waals surface area contributed by atoms with Crippen molar-refractivity contribution in [3.8, 4) is 5.75 Å². The summed E-state index contributed by atoms with van der Waals surface area (Å²) in [7, 11) is 0. The third-order valence-corrected chi connectivity index (χ3v) is 4.47. The topological polar surface area (TPSA) is 40.6 Å². The molecule has 0 aliphatic heterocycles. The van der Waals surface area contributed by atoms with E-state index in [0.717, 1.165) is 5.75 Å². The number of nitrogens with zero attached hydrogens (tertiary/aromatic N) is 1. The summed E-state index contributed by atoms with van der Waals surface area (Å²) in [6.45, 7) is 12.1. The lowest BCUT2D eigenvalue weighted by Gasteiger charge is -2.28. The minimum Gasteiger partial charge on any atom is -0.495 e. The van der Waals surface area contributed by atoms with Gasteiger partial charge in [0.2, 0.25) is 0 Å². The summed E-state index contributed by atoms with van der Waals surface area (Å²) >= 11 is 0. The minimum atomic E-state index is -0.0510. The molecule has 2 rings (SSSR count). The highest BCUT2D eigenvalue weighted by atomic mass is 16.5. The third-order valence-electron chi connectivity index (χ3n) is 4.47. The predicted octanol–water partition coefficient (Wildman–Crippen LogP) is 4.97. The fourth-order valence-electron chi connectivity index (χ4n) is 3.06. The second-order valence-corrected chi connectivity index (χ2v) is 6.45. The smallest absolute Gasteiger partial charge is 0.138 e. The summed E-state index contributed by atoms with van der Waals surface area (Å²) in [4.78, 5) is 4.35. The normalized spacial score (nSPS) is 17.6. The van der Waals surface area contributed by atoms with Gasteiger partial charge in [-0.3, -0.25) is 4.98 Å². The van der Waals surface area contributed by atoms with Gasteiger partial charge >= 0.3 is 0 Å². The Labute approximate surface area is 145 Å². The highest BCUT2D eigenvalue weighted by Crippen LogP contribution is 2.30. The van der Waals surface area contributed by atoms with E-state index in [1.807, 2.05) is 19.1 Å². The Morgan fingerprint density at radius 1 is 1.33 bits per heavy atom. The molecule has 132 valence electrons. The summed E-state index contributed by atoms with van der Waals surface area (Å²) in [6.07, 6.45) is 9.69. The molecule has 1 fully saturated rings. The van der Waals surface area contributed by atoms with E-state index in [2.05, 4.69) is 25.1 Å². The molecule has 4 nitrogen and oxygen atoms in total. The van der Waals surface area contributed by atoms with E-state index in [1.165, 1.54) is 38.4 Å². The second kappa shape index (κ2) is 9.36. The fraction of sp³-hybridized carbons (Fsp3) is 0.550. The van der Waals surface area contributed by atoms with Gasteiger partial charge in [0.25, 0.3) is 0 Å². The molecule has 1 aromatic heterocycles. The van der Waals surface area contributed by atoms with Crippen LogP contribution in [0.25, 0.3) is 5.76 Å². The van der Waals surface area contributed by atoms with Crippen molar-refractivity contribution in [1.29, 1.82) is 0 Å². The summed E-state index contributed by atoms with van der Waals surface area (Å²) < 4.78 is 17.0. The molecule has 0 radical (unpaired) electrons. The lowest BCUT2D eigenvalue weighted by molar-refractivity contribution is 0.0971. The van der Waals surface area contributed by atoms with Crippen molar-refractivity contribution in [2.75, 3.05) is 6.61 Å². The van der Waals surface area contributed by atoms with E-state index in [0.29, 0.717) is 24.0 Å². The largest absolute Gasteiger partial charge is 0.495 e. The Balaban J connectivity index is 1.89. The van der Waals surface area contributed by atoms with Gasteiger partial charge in [-0.15, -0.1) is 0 Å². The summed E-state index contributed by atoms with van der Waals surface area (Å²) in [5.74, 6) is 1.95. The molecule has 0 N–H and O–H groups in total. The first kappa shape index (κ1) is 18.4. The van der Waals surface area contributed by atoms with E-state index in [9.17, 15) is 0 Å². The van der Waals surface area contributed by atoms with Gasteiger partial charge in [-0.1, -0.05) is 32.4 Å². The van der Waals surface area contributed by atoms with Crippen LogP contribution in [0.5, 0.6) is 5.75 Å². The first-order valence-corrected chi connectivity index (χ1v) is 8.81. The highest BCUT2D eigenvalue weighted by molar-refractivity contribution is 5.55. The van der Waals surface area contributed by atoms with Crippen LogP contribution in [0.4, 0.5) is 0 Å². The molecule has 0 aromatic carbocycles. The fourth-order valence-corrected chi connectivity index (χ4v) is 3.06. The van der Waals surface area contributed by atoms with Gasteiger partial charge in [0.1, 0.15) is 29.9 Å². The molecule has 1 aromatic rings. The SMILES string of the molecule is C=COC(C)COc1ccnc(C(=C)OC(C)C2CCCCC2)c1. The minimum absolute atomic E-state index is 0.0510. The Bertz CT molecular complexity index is 537. The zero-order valence-corrected chi connectivity index (χ0v) is 14.9. The Kier molecular flexibility index (Phi) is 7.16. The molecule has 0 spiro atoms. The van der Waals surface area contributed by atoms with E-state index in [1.54, 1.807) is 6.20 Å².